The fourth-order valence-corrected chi connectivity index (χ4v) is 4.18. The summed E-state index contributed by atoms with van der Waals surface area (Å²) in [5.41, 5.74) is 0. The first-order valence-electron chi connectivity index (χ1n) is 6.95. The first-order chi connectivity index (χ1) is 8.69. The summed E-state index contributed by atoms with van der Waals surface area (Å²) in [6.07, 6.45) is 0.924. The van der Waals surface area contributed by atoms with E-state index < -0.39 is 9.84 Å². The van der Waals surface area contributed by atoms with E-state index in [0.717, 1.165) is 6.42 Å². The number of hydrogen-bond donors (Lipinski definition) is 1. The highest BCUT2D eigenvalue weighted by Gasteiger charge is 2.27. The minimum absolute atomic E-state index is 0.00125. The molecule has 1 N–H and O–H groups in total. The molecule has 1 rings (SSSR count). The van der Waals surface area contributed by atoms with Crippen LogP contribution in [0.3, 0.4) is 0 Å². The highest BCUT2D eigenvalue weighted by Crippen LogP contribution is 2.12. The van der Waals surface area contributed by atoms with E-state index >= 15 is 0 Å². The zero-order valence-corrected chi connectivity index (χ0v) is 13.2. The van der Waals surface area contributed by atoms with Gasteiger partial charge in [-0.05, 0) is 25.2 Å². The Hall–Kier alpha value is -0.780. The first-order valence-corrected chi connectivity index (χ1v) is 8.77. The molecule has 0 aliphatic carbocycles. The van der Waals surface area contributed by atoms with Crippen molar-refractivity contribution >= 4 is 15.9 Å². The maximum absolute atomic E-state index is 12.1. The van der Waals surface area contributed by atoms with Gasteiger partial charge < -0.3 is 10.2 Å². The van der Waals surface area contributed by atoms with Gasteiger partial charge in [0.2, 0.25) is 0 Å². The molecule has 0 radical (unpaired) electrons. The zero-order chi connectivity index (χ0) is 14.6. The number of carbonyl (C=O) groups is 1. The molecular formula is C13H26N2O3S. The minimum Gasteiger partial charge on any atom is -0.336 e. The van der Waals surface area contributed by atoms with Gasteiger partial charge in [0.15, 0.2) is 9.84 Å². The van der Waals surface area contributed by atoms with E-state index in [1.807, 2.05) is 13.8 Å². The number of rotatable bonds is 3. The van der Waals surface area contributed by atoms with Crippen molar-refractivity contribution in [1.29, 1.82) is 0 Å². The van der Waals surface area contributed by atoms with E-state index in [2.05, 4.69) is 19.2 Å². The molecule has 0 aromatic carbocycles. The smallest absolute Gasteiger partial charge is 0.317 e. The molecule has 2 atom stereocenters. The summed E-state index contributed by atoms with van der Waals surface area (Å²) in [5, 5.41) is 2.95. The molecule has 0 bridgehead atoms. The third kappa shape index (κ3) is 5.80. The summed E-state index contributed by atoms with van der Waals surface area (Å²) in [5.74, 6) is 0.777. The Kier molecular flexibility index (Phi) is 5.64. The monoisotopic (exact) mass is 290 g/mol. The van der Waals surface area contributed by atoms with Crippen LogP contribution in [0.4, 0.5) is 4.79 Å². The maximum atomic E-state index is 12.1. The second kappa shape index (κ2) is 6.59. The van der Waals surface area contributed by atoms with Crippen molar-refractivity contribution in [3.63, 3.8) is 0 Å². The lowest BCUT2D eigenvalue weighted by Crippen LogP contribution is -2.46. The van der Waals surface area contributed by atoms with Crippen LogP contribution in [-0.2, 0) is 9.84 Å². The molecule has 0 spiro atoms. The molecule has 0 unspecified atom stereocenters. The lowest BCUT2D eigenvalue weighted by Gasteiger charge is -2.25. The predicted octanol–water partition coefficient (Wildman–Crippen LogP) is 1.50. The Morgan fingerprint density at radius 1 is 1.37 bits per heavy atom. The Labute approximate surface area is 116 Å². The van der Waals surface area contributed by atoms with Crippen LogP contribution < -0.4 is 5.32 Å². The van der Waals surface area contributed by atoms with Gasteiger partial charge in [-0.2, -0.15) is 0 Å². The van der Waals surface area contributed by atoms with Crippen LogP contribution in [-0.4, -0.2) is 50.0 Å². The average molecular weight is 290 g/mol. The van der Waals surface area contributed by atoms with Crippen LogP contribution in [0.25, 0.3) is 0 Å². The number of nitrogens with one attached hydrogen (secondary N) is 1. The summed E-state index contributed by atoms with van der Waals surface area (Å²) in [6, 6.07) is -0.0280. The molecule has 2 amide bonds. The van der Waals surface area contributed by atoms with Crippen molar-refractivity contribution in [2.24, 2.45) is 11.8 Å². The summed E-state index contributed by atoms with van der Waals surface area (Å²) < 4.78 is 23.3. The molecule has 0 saturated carbocycles. The zero-order valence-electron chi connectivity index (χ0n) is 12.3. The molecule has 1 saturated heterocycles. The molecule has 1 heterocycles. The van der Waals surface area contributed by atoms with E-state index in [1.165, 1.54) is 0 Å². The Morgan fingerprint density at radius 3 is 2.58 bits per heavy atom. The van der Waals surface area contributed by atoms with Gasteiger partial charge in [0.05, 0.1) is 11.5 Å². The summed E-state index contributed by atoms with van der Waals surface area (Å²) >= 11 is 0. The normalized spacial score (nSPS) is 24.9. The van der Waals surface area contributed by atoms with Gasteiger partial charge in [0, 0.05) is 19.1 Å². The molecule has 5 nitrogen and oxygen atoms in total. The number of carbonyl (C=O) groups excluding carboxylic acids is 1. The second-order valence-electron chi connectivity index (χ2n) is 6.15. The number of hydrogen-bond acceptors (Lipinski definition) is 3. The largest absolute Gasteiger partial charge is 0.336 e. The van der Waals surface area contributed by atoms with Crippen LogP contribution in [0.5, 0.6) is 0 Å². The highest BCUT2D eigenvalue weighted by molar-refractivity contribution is 7.91. The molecule has 112 valence electrons. The lowest BCUT2D eigenvalue weighted by atomic mass is 10.1. The number of amides is 2. The average Bonchev–Trinajstić information content (AvgIpc) is 2.34. The number of urea groups is 1. The van der Waals surface area contributed by atoms with Crippen molar-refractivity contribution in [3.8, 4) is 0 Å². The van der Waals surface area contributed by atoms with Crippen LogP contribution in [0.2, 0.25) is 0 Å². The lowest BCUT2D eigenvalue weighted by molar-refractivity contribution is 0.191. The van der Waals surface area contributed by atoms with E-state index in [9.17, 15) is 13.2 Å². The molecule has 0 aromatic heterocycles. The van der Waals surface area contributed by atoms with E-state index in [4.69, 9.17) is 0 Å². The van der Waals surface area contributed by atoms with Crippen molar-refractivity contribution in [2.45, 2.75) is 40.2 Å². The van der Waals surface area contributed by atoms with Crippen molar-refractivity contribution in [1.82, 2.24) is 10.2 Å². The third-order valence-electron chi connectivity index (χ3n) is 3.22. The van der Waals surface area contributed by atoms with Crippen LogP contribution in [0.15, 0.2) is 0 Å². The predicted molar refractivity (Wildman–Crippen MR) is 76.8 cm³/mol. The van der Waals surface area contributed by atoms with Gasteiger partial charge in [-0.15, -0.1) is 0 Å². The van der Waals surface area contributed by atoms with Crippen LogP contribution >= 0.6 is 0 Å². The molecule has 6 heteroatoms. The van der Waals surface area contributed by atoms with Crippen molar-refractivity contribution < 1.29 is 13.2 Å². The van der Waals surface area contributed by atoms with E-state index in [1.54, 1.807) is 4.90 Å². The molecule has 19 heavy (non-hydrogen) atoms. The quantitative estimate of drug-likeness (QED) is 0.856. The van der Waals surface area contributed by atoms with Crippen LogP contribution in [0, 0.1) is 11.8 Å². The van der Waals surface area contributed by atoms with Gasteiger partial charge in [-0.25, -0.2) is 13.2 Å². The van der Waals surface area contributed by atoms with E-state index in [-0.39, 0.29) is 29.5 Å². The Bertz CT molecular complexity index is 406. The van der Waals surface area contributed by atoms with Gasteiger partial charge >= 0.3 is 6.03 Å². The molecule has 0 aromatic rings. The number of sulfone groups is 1. The fourth-order valence-electron chi connectivity index (χ4n) is 2.54. The summed E-state index contributed by atoms with van der Waals surface area (Å²) in [7, 11) is -3.00. The van der Waals surface area contributed by atoms with E-state index in [0.29, 0.717) is 19.0 Å². The summed E-state index contributed by atoms with van der Waals surface area (Å²) in [6.45, 7) is 8.90. The second-order valence-corrected chi connectivity index (χ2v) is 8.37. The molecule has 1 fully saturated rings. The van der Waals surface area contributed by atoms with Gasteiger partial charge in [-0.3, -0.25) is 0 Å². The van der Waals surface area contributed by atoms with Gasteiger partial charge in [-0.1, -0.05) is 20.8 Å². The summed E-state index contributed by atoms with van der Waals surface area (Å²) in [4.78, 5) is 13.8. The molecule has 1 aliphatic rings. The Balaban J connectivity index is 2.57. The molecular weight excluding hydrogens is 264 g/mol. The molecule has 1 aliphatic heterocycles. The highest BCUT2D eigenvalue weighted by atomic mass is 32.2. The van der Waals surface area contributed by atoms with Crippen LogP contribution in [0.1, 0.15) is 34.1 Å². The minimum atomic E-state index is -3.00. The standard InChI is InChI=1S/C13H26N2O3S/c1-10(2)7-12(4)14-13(16)15-5-6-19(17,18)9-11(3)8-15/h10-12H,5-9H2,1-4H3,(H,14,16)/t11-,12+/m1/s1. The SMILES string of the molecule is CC(C)C[C@H](C)NC(=O)N1CCS(=O)(=O)C[C@H](C)C1. The number of nitrogens with zero attached hydrogens (tertiary/aromatic N) is 1. The maximum Gasteiger partial charge on any atom is 0.317 e. The first kappa shape index (κ1) is 16.3. The topological polar surface area (TPSA) is 66.5 Å². The van der Waals surface area contributed by atoms with Crippen molar-refractivity contribution in [2.75, 3.05) is 24.6 Å². The van der Waals surface area contributed by atoms with Crippen molar-refractivity contribution in [3.05, 3.63) is 0 Å². The van der Waals surface area contributed by atoms with Gasteiger partial charge in [0.1, 0.15) is 0 Å². The van der Waals surface area contributed by atoms with Gasteiger partial charge in [0.25, 0.3) is 0 Å². The fraction of sp³-hybridized carbons (Fsp3) is 0.923. The third-order valence-corrected chi connectivity index (χ3v) is 5.11. The Morgan fingerprint density at radius 2 is 2.00 bits per heavy atom.